The molecule has 3 rings (SSSR count). The molecule has 0 heterocycles. The van der Waals surface area contributed by atoms with Gasteiger partial charge in [0.25, 0.3) is 5.91 Å². The van der Waals surface area contributed by atoms with Gasteiger partial charge in [-0.15, -0.1) is 0 Å². The maximum absolute atomic E-state index is 13.7. The van der Waals surface area contributed by atoms with Gasteiger partial charge in [-0.2, -0.15) is 0 Å². The zero-order valence-corrected chi connectivity index (χ0v) is 21.8. The van der Waals surface area contributed by atoms with Crippen LogP contribution in [0.15, 0.2) is 72.8 Å². The Hall–Kier alpha value is -3.80. The van der Waals surface area contributed by atoms with Crippen LogP contribution in [0.1, 0.15) is 36.1 Å². The topological polar surface area (TPSA) is 67.9 Å². The van der Waals surface area contributed by atoms with Gasteiger partial charge in [-0.05, 0) is 74.2 Å². The summed E-state index contributed by atoms with van der Waals surface area (Å²) < 4.78 is 11.3. The normalized spacial score (nSPS) is 11.6. The number of methoxy groups -OCH3 is 1. The smallest absolute Gasteiger partial charge is 0.261 e. The van der Waals surface area contributed by atoms with E-state index in [0.717, 1.165) is 22.3 Å². The van der Waals surface area contributed by atoms with Gasteiger partial charge < -0.3 is 19.7 Å². The van der Waals surface area contributed by atoms with Crippen LogP contribution in [0.3, 0.4) is 0 Å². The summed E-state index contributed by atoms with van der Waals surface area (Å²) in [7, 11) is 1.61. The first-order chi connectivity index (χ1) is 17.2. The molecule has 190 valence electrons. The maximum Gasteiger partial charge on any atom is 0.261 e. The van der Waals surface area contributed by atoms with Gasteiger partial charge in [0.1, 0.15) is 17.5 Å². The minimum atomic E-state index is -0.712. The highest BCUT2D eigenvalue weighted by Crippen LogP contribution is 2.20. The van der Waals surface area contributed by atoms with Gasteiger partial charge in [0, 0.05) is 19.0 Å². The Morgan fingerprint density at radius 2 is 1.53 bits per heavy atom. The number of carbonyl (C=O) groups excluding carboxylic acids is 2. The largest absolute Gasteiger partial charge is 0.497 e. The van der Waals surface area contributed by atoms with Crippen molar-refractivity contribution in [2.75, 3.05) is 13.7 Å². The van der Waals surface area contributed by atoms with Crippen molar-refractivity contribution in [2.45, 2.75) is 52.7 Å². The van der Waals surface area contributed by atoms with Crippen LogP contribution in [-0.4, -0.2) is 42.5 Å². The van der Waals surface area contributed by atoms with Crippen LogP contribution in [0.4, 0.5) is 0 Å². The Labute approximate surface area is 214 Å². The predicted molar refractivity (Wildman–Crippen MR) is 142 cm³/mol. The first-order valence-electron chi connectivity index (χ1n) is 12.2. The predicted octanol–water partition coefficient (Wildman–Crippen LogP) is 4.86. The van der Waals surface area contributed by atoms with Gasteiger partial charge in [-0.25, -0.2) is 0 Å². The second kappa shape index (κ2) is 12.8. The molecule has 1 N–H and O–H groups in total. The van der Waals surface area contributed by atoms with Crippen LogP contribution in [0.25, 0.3) is 0 Å². The minimum absolute atomic E-state index is 0.0592. The van der Waals surface area contributed by atoms with E-state index in [2.05, 4.69) is 11.4 Å². The molecular formula is C30H36N2O4. The van der Waals surface area contributed by atoms with E-state index in [9.17, 15) is 9.59 Å². The Kier molecular flexibility index (Phi) is 9.51. The molecule has 6 heteroatoms. The molecule has 0 unspecified atom stereocenters. The average Bonchev–Trinajstić information content (AvgIpc) is 2.84. The second-order valence-corrected chi connectivity index (χ2v) is 9.35. The van der Waals surface area contributed by atoms with E-state index < -0.39 is 6.04 Å². The lowest BCUT2D eigenvalue weighted by molar-refractivity contribution is -0.143. The van der Waals surface area contributed by atoms with E-state index in [1.165, 1.54) is 0 Å². The number of nitrogens with one attached hydrogen (secondary N) is 1. The van der Waals surface area contributed by atoms with Crippen LogP contribution >= 0.6 is 0 Å². The van der Waals surface area contributed by atoms with Crippen molar-refractivity contribution in [2.24, 2.45) is 0 Å². The van der Waals surface area contributed by atoms with E-state index in [1.807, 2.05) is 94.4 Å². The maximum atomic E-state index is 13.7. The SMILES string of the molecule is COc1cccc(CN(C(=O)COc2cc(C)cc(C)c2)[C@H](Cc2ccccc2)C(=O)NC(C)C)c1. The molecular weight excluding hydrogens is 452 g/mol. The Balaban J connectivity index is 1.93. The van der Waals surface area contributed by atoms with Gasteiger partial charge in [0.05, 0.1) is 7.11 Å². The third-order valence-corrected chi connectivity index (χ3v) is 5.75. The van der Waals surface area contributed by atoms with Crippen molar-refractivity contribution >= 4 is 11.8 Å². The molecule has 0 aliphatic rings. The number of aryl methyl sites for hydroxylation is 2. The standard InChI is InChI=1S/C30H36N2O4/c1-21(2)31-30(34)28(18-24-10-7-6-8-11-24)32(19-25-12-9-13-26(17-25)35-5)29(33)20-36-27-15-22(3)14-23(4)16-27/h6-17,21,28H,18-20H2,1-5H3,(H,31,34)/t28-/m1/s1. The first kappa shape index (κ1) is 26.8. The fourth-order valence-corrected chi connectivity index (χ4v) is 4.15. The average molecular weight is 489 g/mol. The molecule has 0 bridgehead atoms. The number of hydrogen-bond donors (Lipinski definition) is 1. The summed E-state index contributed by atoms with van der Waals surface area (Å²) in [5, 5.41) is 3.00. The van der Waals surface area contributed by atoms with Gasteiger partial charge in [0.2, 0.25) is 5.91 Å². The second-order valence-electron chi connectivity index (χ2n) is 9.35. The zero-order chi connectivity index (χ0) is 26.1. The number of hydrogen-bond acceptors (Lipinski definition) is 4. The number of carbonyl (C=O) groups is 2. The molecule has 0 fully saturated rings. The van der Waals surface area contributed by atoms with Gasteiger partial charge in [-0.1, -0.05) is 48.5 Å². The lowest BCUT2D eigenvalue weighted by Crippen LogP contribution is -2.52. The van der Waals surface area contributed by atoms with Crippen molar-refractivity contribution < 1.29 is 19.1 Å². The molecule has 36 heavy (non-hydrogen) atoms. The van der Waals surface area contributed by atoms with Crippen LogP contribution in [0, 0.1) is 13.8 Å². The number of ether oxygens (including phenoxy) is 2. The molecule has 3 aromatic carbocycles. The molecule has 6 nitrogen and oxygen atoms in total. The lowest BCUT2D eigenvalue weighted by Gasteiger charge is -2.32. The van der Waals surface area contributed by atoms with Gasteiger partial charge in [0.15, 0.2) is 6.61 Å². The molecule has 0 spiro atoms. The Morgan fingerprint density at radius 1 is 0.861 bits per heavy atom. The van der Waals surface area contributed by atoms with Gasteiger partial charge >= 0.3 is 0 Å². The van der Waals surface area contributed by atoms with Gasteiger partial charge in [-0.3, -0.25) is 9.59 Å². The van der Waals surface area contributed by atoms with Crippen LogP contribution in [-0.2, 0) is 22.6 Å². The summed E-state index contributed by atoms with van der Waals surface area (Å²) in [6.07, 6.45) is 0.388. The molecule has 0 aliphatic heterocycles. The van der Waals surface area contributed by atoms with Crippen molar-refractivity contribution in [3.8, 4) is 11.5 Å². The number of benzene rings is 3. The summed E-state index contributed by atoms with van der Waals surface area (Å²) in [5.74, 6) is 0.861. The third-order valence-electron chi connectivity index (χ3n) is 5.75. The zero-order valence-electron chi connectivity index (χ0n) is 21.8. The molecule has 0 aromatic heterocycles. The van der Waals surface area contributed by atoms with Crippen LogP contribution in [0.5, 0.6) is 11.5 Å². The molecule has 1 atom stereocenters. The quantitative estimate of drug-likeness (QED) is 0.419. The van der Waals surface area contributed by atoms with E-state index >= 15 is 0 Å². The summed E-state index contributed by atoms with van der Waals surface area (Å²) in [6, 6.07) is 22.4. The highest BCUT2D eigenvalue weighted by molar-refractivity contribution is 5.88. The summed E-state index contributed by atoms with van der Waals surface area (Å²) in [5.41, 5.74) is 3.96. The third kappa shape index (κ3) is 7.87. The van der Waals surface area contributed by atoms with Crippen molar-refractivity contribution in [1.29, 1.82) is 0 Å². The van der Waals surface area contributed by atoms with Crippen molar-refractivity contribution in [1.82, 2.24) is 10.2 Å². The van der Waals surface area contributed by atoms with E-state index in [0.29, 0.717) is 17.9 Å². The van der Waals surface area contributed by atoms with E-state index in [-0.39, 0.29) is 31.0 Å². The molecule has 0 aliphatic carbocycles. The molecule has 0 radical (unpaired) electrons. The number of rotatable bonds is 11. The number of amides is 2. The molecule has 0 saturated carbocycles. The Morgan fingerprint density at radius 3 is 2.17 bits per heavy atom. The highest BCUT2D eigenvalue weighted by atomic mass is 16.5. The lowest BCUT2D eigenvalue weighted by atomic mass is 10.0. The van der Waals surface area contributed by atoms with E-state index in [1.54, 1.807) is 12.0 Å². The van der Waals surface area contributed by atoms with Crippen LogP contribution in [0.2, 0.25) is 0 Å². The summed E-state index contributed by atoms with van der Waals surface area (Å²) in [6.45, 7) is 7.87. The fraction of sp³-hybridized carbons (Fsp3) is 0.333. The first-order valence-corrected chi connectivity index (χ1v) is 12.2. The fourth-order valence-electron chi connectivity index (χ4n) is 4.15. The summed E-state index contributed by atoms with van der Waals surface area (Å²) >= 11 is 0. The van der Waals surface area contributed by atoms with Crippen molar-refractivity contribution in [3.63, 3.8) is 0 Å². The van der Waals surface area contributed by atoms with Crippen LogP contribution < -0.4 is 14.8 Å². The summed E-state index contributed by atoms with van der Waals surface area (Å²) in [4.78, 5) is 28.7. The van der Waals surface area contributed by atoms with E-state index in [4.69, 9.17) is 9.47 Å². The van der Waals surface area contributed by atoms with Crippen molar-refractivity contribution in [3.05, 3.63) is 95.1 Å². The molecule has 3 aromatic rings. The minimum Gasteiger partial charge on any atom is -0.497 e. The number of nitrogens with zero attached hydrogens (tertiary/aromatic N) is 1. The highest BCUT2D eigenvalue weighted by Gasteiger charge is 2.31. The Bertz CT molecular complexity index is 1140. The molecule has 2 amide bonds. The monoisotopic (exact) mass is 488 g/mol. The molecule has 0 saturated heterocycles.